The lowest BCUT2D eigenvalue weighted by Crippen LogP contribution is -2.52. The van der Waals surface area contributed by atoms with Gasteiger partial charge in [-0.05, 0) is 36.4 Å². The van der Waals surface area contributed by atoms with Gasteiger partial charge in [-0.2, -0.15) is 0 Å². The van der Waals surface area contributed by atoms with Crippen LogP contribution in [0, 0.1) is 11.7 Å². The number of amides is 3. The molecule has 1 saturated heterocycles. The second kappa shape index (κ2) is 7.47. The maximum atomic E-state index is 14.4. The Hall–Kier alpha value is -2.38. The number of anilines is 1. The highest BCUT2D eigenvalue weighted by molar-refractivity contribution is 9.10. The molecule has 0 radical (unpaired) electrons. The fraction of sp³-hybridized carbons (Fsp3) is 0.111. The van der Waals surface area contributed by atoms with Crippen molar-refractivity contribution in [3.8, 4) is 0 Å². The molecule has 2 aromatic carbocycles. The molecular formula is C18H14BrClFN3O2. The summed E-state index contributed by atoms with van der Waals surface area (Å²) in [4.78, 5) is 24.7. The zero-order chi connectivity index (χ0) is 18.8. The molecule has 1 aliphatic heterocycles. The number of hydrogen-bond acceptors (Lipinski definition) is 2. The molecule has 1 heterocycles. The number of benzene rings is 2. The van der Waals surface area contributed by atoms with E-state index in [9.17, 15) is 14.0 Å². The second-order valence-electron chi connectivity index (χ2n) is 5.71. The van der Waals surface area contributed by atoms with Gasteiger partial charge in [-0.3, -0.25) is 4.79 Å². The monoisotopic (exact) mass is 437 g/mol. The molecule has 0 saturated carbocycles. The number of halogens is 3. The van der Waals surface area contributed by atoms with E-state index >= 15 is 0 Å². The minimum atomic E-state index is -0.986. The molecular weight excluding hydrogens is 425 g/mol. The van der Waals surface area contributed by atoms with Crippen molar-refractivity contribution < 1.29 is 14.0 Å². The summed E-state index contributed by atoms with van der Waals surface area (Å²) in [6.45, 7) is 3.75. The summed E-state index contributed by atoms with van der Waals surface area (Å²) in [5.74, 6) is -2.01. The first-order valence-corrected chi connectivity index (χ1v) is 8.80. The van der Waals surface area contributed by atoms with E-state index in [4.69, 9.17) is 11.6 Å². The van der Waals surface area contributed by atoms with Crippen LogP contribution in [0.1, 0.15) is 11.6 Å². The van der Waals surface area contributed by atoms with Gasteiger partial charge in [0.05, 0.1) is 6.04 Å². The molecule has 3 rings (SSSR count). The molecule has 0 spiro atoms. The lowest BCUT2D eigenvalue weighted by molar-refractivity contribution is -0.119. The largest absolute Gasteiger partial charge is 0.330 e. The first-order chi connectivity index (χ1) is 12.4. The Morgan fingerprint density at radius 2 is 1.92 bits per heavy atom. The average molecular weight is 439 g/mol. The van der Waals surface area contributed by atoms with Crippen LogP contribution in [0.3, 0.4) is 0 Å². The van der Waals surface area contributed by atoms with Crippen LogP contribution in [-0.2, 0) is 4.79 Å². The zero-order valence-corrected chi connectivity index (χ0v) is 15.7. The molecule has 2 aromatic rings. The fourth-order valence-electron chi connectivity index (χ4n) is 2.79. The van der Waals surface area contributed by atoms with Crippen LogP contribution in [-0.4, -0.2) is 11.9 Å². The lowest BCUT2D eigenvalue weighted by atomic mass is 9.87. The van der Waals surface area contributed by atoms with E-state index in [1.807, 2.05) is 0 Å². The third kappa shape index (κ3) is 3.73. The molecule has 3 N–H and O–H groups in total. The smallest absolute Gasteiger partial charge is 0.319 e. The van der Waals surface area contributed by atoms with Gasteiger partial charge in [0, 0.05) is 26.4 Å². The van der Waals surface area contributed by atoms with Crippen molar-refractivity contribution in [2.45, 2.75) is 6.04 Å². The molecule has 0 aromatic heterocycles. The summed E-state index contributed by atoms with van der Waals surface area (Å²) in [5.41, 5.74) is 0.759. The van der Waals surface area contributed by atoms with Gasteiger partial charge in [0.1, 0.15) is 11.7 Å². The van der Waals surface area contributed by atoms with E-state index in [1.165, 1.54) is 18.2 Å². The number of nitrogens with one attached hydrogen (secondary N) is 3. The van der Waals surface area contributed by atoms with Gasteiger partial charge in [0.15, 0.2) is 0 Å². The van der Waals surface area contributed by atoms with Crippen molar-refractivity contribution in [2.24, 2.45) is 5.92 Å². The van der Waals surface area contributed by atoms with Crippen LogP contribution >= 0.6 is 27.5 Å². The highest BCUT2D eigenvalue weighted by atomic mass is 79.9. The Morgan fingerprint density at radius 3 is 2.58 bits per heavy atom. The normalized spacial score (nSPS) is 19.5. The number of hydrogen-bond donors (Lipinski definition) is 3. The third-order valence-electron chi connectivity index (χ3n) is 3.97. The van der Waals surface area contributed by atoms with E-state index < -0.39 is 29.7 Å². The van der Waals surface area contributed by atoms with Crippen LogP contribution in [0.15, 0.2) is 59.2 Å². The van der Waals surface area contributed by atoms with E-state index in [0.29, 0.717) is 5.69 Å². The van der Waals surface area contributed by atoms with E-state index in [-0.39, 0.29) is 16.3 Å². The molecule has 0 bridgehead atoms. The van der Waals surface area contributed by atoms with Crippen molar-refractivity contribution in [3.63, 3.8) is 0 Å². The maximum Gasteiger partial charge on any atom is 0.319 e. The minimum absolute atomic E-state index is 0.0427. The Morgan fingerprint density at radius 1 is 1.23 bits per heavy atom. The Balaban J connectivity index is 1.95. The van der Waals surface area contributed by atoms with E-state index in [2.05, 4.69) is 38.5 Å². The van der Waals surface area contributed by atoms with Crippen molar-refractivity contribution in [1.29, 1.82) is 0 Å². The molecule has 5 nitrogen and oxygen atoms in total. The van der Waals surface area contributed by atoms with E-state index in [0.717, 1.165) is 4.47 Å². The molecule has 1 aliphatic rings. The number of carbonyl (C=O) groups excluding carboxylic acids is 2. The van der Waals surface area contributed by atoms with Gasteiger partial charge in [0.25, 0.3) is 0 Å². The summed E-state index contributed by atoms with van der Waals surface area (Å²) in [6, 6.07) is 9.59. The highest BCUT2D eigenvalue weighted by Gasteiger charge is 2.40. The fourth-order valence-corrected chi connectivity index (χ4v) is 3.34. The van der Waals surface area contributed by atoms with Crippen LogP contribution in [0.2, 0.25) is 5.02 Å². The predicted octanol–water partition coefficient (Wildman–Crippen LogP) is 4.36. The van der Waals surface area contributed by atoms with Crippen molar-refractivity contribution in [2.75, 3.05) is 5.32 Å². The first kappa shape index (κ1) is 18.4. The lowest BCUT2D eigenvalue weighted by Gasteiger charge is -2.34. The highest BCUT2D eigenvalue weighted by Crippen LogP contribution is 2.35. The van der Waals surface area contributed by atoms with Crippen LogP contribution in [0.4, 0.5) is 14.9 Å². The van der Waals surface area contributed by atoms with Gasteiger partial charge in [-0.25, -0.2) is 9.18 Å². The molecule has 2 atom stereocenters. The molecule has 1 fully saturated rings. The molecule has 0 aliphatic carbocycles. The number of rotatable bonds is 3. The predicted molar refractivity (Wildman–Crippen MR) is 101 cm³/mol. The van der Waals surface area contributed by atoms with Crippen molar-refractivity contribution in [1.82, 2.24) is 10.6 Å². The Bertz CT molecular complexity index is 868. The Kier molecular flexibility index (Phi) is 5.29. The first-order valence-electron chi connectivity index (χ1n) is 7.63. The molecule has 26 heavy (non-hydrogen) atoms. The third-order valence-corrected chi connectivity index (χ3v) is 4.83. The SMILES string of the molecule is C=C1NC(=O)N[C@@H](c2c(F)cccc2Cl)[C@@H]1C(=O)Nc1ccc(Br)cc1. The van der Waals surface area contributed by atoms with Crippen LogP contribution in [0.5, 0.6) is 0 Å². The van der Waals surface area contributed by atoms with Crippen LogP contribution in [0.25, 0.3) is 0 Å². The summed E-state index contributed by atoms with van der Waals surface area (Å²) >= 11 is 9.45. The van der Waals surface area contributed by atoms with Crippen LogP contribution < -0.4 is 16.0 Å². The molecule has 8 heteroatoms. The topological polar surface area (TPSA) is 70.2 Å². The summed E-state index contributed by atoms with van der Waals surface area (Å²) in [5, 5.41) is 7.89. The molecule has 3 amide bonds. The van der Waals surface area contributed by atoms with Gasteiger partial charge in [0.2, 0.25) is 5.91 Å². The zero-order valence-electron chi connectivity index (χ0n) is 13.4. The van der Waals surface area contributed by atoms with Gasteiger partial charge >= 0.3 is 6.03 Å². The summed E-state index contributed by atoms with van der Waals surface area (Å²) < 4.78 is 15.2. The minimum Gasteiger partial charge on any atom is -0.330 e. The Labute approximate surface area is 162 Å². The standard InChI is InChI=1S/C18H14BrClFN3O2/c1-9-14(17(25)23-11-7-5-10(19)6-8-11)16(24-18(26)22-9)15-12(20)3-2-4-13(15)21/h2-8,14,16H,1H2,(H,23,25)(H2,22,24,26)/t14-,16-/m1/s1. The van der Waals surface area contributed by atoms with E-state index in [1.54, 1.807) is 24.3 Å². The van der Waals surface area contributed by atoms with Crippen molar-refractivity contribution >= 4 is 45.2 Å². The van der Waals surface area contributed by atoms with Gasteiger partial charge in [-0.1, -0.05) is 40.2 Å². The van der Waals surface area contributed by atoms with Gasteiger partial charge in [-0.15, -0.1) is 0 Å². The summed E-state index contributed by atoms with van der Waals surface area (Å²) in [7, 11) is 0. The van der Waals surface area contributed by atoms with Crippen molar-refractivity contribution in [3.05, 3.63) is 75.6 Å². The average Bonchev–Trinajstić information content (AvgIpc) is 2.56. The van der Waals surface area contributed by atoms with Gasteiger partial charge < -0.3 is 16.0 Å². The quantitative estimate of drug-likeness (QED) is 0.666. The molecule has 0 unspecified atom stereocenters. The number of urea groups is 1. The maximum absolute atomic E-state index is 14.4. The molecule has 134 valence electrons. The summed E-state index contributed by atoms with van der Waals surface area (Å²) in [6.07, 6.45) is 0. The second-order valence-corrected chi connectivity index (χ2v) is 7.03. The number of carbonyl (C=O) groups is 2.